The Morgan fingerprint density at radius 1 is 1.22 bits per heavy atom. The number of hydrogen-bond donors (Lipinski definition) is 1. The Bertz CT molecular complexity index is 971. The Balaban J connectivity index is 1.60. The third-order valence-electron chi connectivity index (χ3n) is 3.58. The Morgan fingerprint density at radius 2 is 1.89 bits per heavy atom. The van der Waals surface area contributed by atoms with E-state index in [9.17, 15) is 14.9 Å². The van der Waals surface area contributed by atoms with Gasteiger partial charge in [0.2, 0.25) is 0 Å². The molecule has 27 heavy (non-hydrogen) atoms. The smallest absolute Gasteiger partial charge is 0.269 e. The SMILES string of the molecule is Cc1sc(NC(=O)COc2ccc([N+](=O)[O-])cc2)nc1-c1ccc(Cl)cc1. The molecule has 7 nitrogen and oxygen atoms in total. The Labute approximate surface area is 163 Å². The predicted octanol–water partition coefficient (Wildman–Crippen LogP) is 4.70. The number of halogens is 1. The van der Waals surface area contributed by atoms with Gasteiger partial charge in [0, 0.05) is 27.6 Å². The number of thiazole rings is 1. The number of aryl methyl sites for hydroxylation is 1. The minimum absolute atomic E-state index is 0.0419. The van der Waals surface area contributed by atoms with E-state index < -0.39 is 4.92 Å². The van der Waals surface area contributed by atoms with Crippen LogP contribution in [-0.2, 0) is 4.79 Å². The van der Waals surface area contributed by atoms with Crippen LogP contribution in [0.4, 0.5) is 10.8 Å². The molecule has 0 spiro atoms. The van der Waals surface area contributed by atoms with Gasteiger partial charge >= 0.3 is 0 Å². The molecular weight excluding hydrogens is 390 g/mol. The van der Waals surface area contributed by atoms with Crippen molar-refractivity contribution in [3.63, 3.8) is 0 Å². The lowest BCUT2D eigenvalue weighted by Gasteiger charge is -2.05. The molecule has 1 amide bonds. The van der Waals surface area contributed by atoms with Crippen LogP contribution in [0, 0.1) is 17.0 Å². The third-order valence-corrected chi connectivity index (χ3v) is 4.72. The van der Waals surface area contributed by atoms with E-state index in [-0.39, 0.29) is 18.2 Å². The van der Waals surface area contributed by atoms with Gasteiger partial charge in [-0.1, -0.05) is 23.7 Å². The summed E-state index contributed by atoms with van der Waals surface area (Å²) in [6, 6.07) is 12.8. The molecule has 0 aliphatic rings. The summed E-state index contributed by atoms with van der Waals surface area (Å²) < 4.78 is 5.34. The summed E-state index contributed by atoms with van der Waals surface area (Å²) in [7, 11) is 0. The van der Waals surface area contributed by atoms with Crippen LogP contribution in [0.1, 0.15) is 4.88 Å². The molecule has 138 valence electrons. The van der Waals surface area contributed by atoms with Crippen LogP contribution in [-0.4, -0.2) is 22.4 Å². The number of nitrogens with one attached hydrogen (secondary N) is 1. The molecule has 0 radical (unpaired) electrons. The van der Waals surface area contributed by atoms with Crippen molar-refractivity contribution in [1.29, 1.82) is 0 Å². The molecule has 3 aromatic rings. The topological polar surface area (TPSA) is 94.4 Å². The maximum atomic E-state index is 12.1. The van der Waals surface area contributed by atoms with Gasteiger partial charge in [-0.2, -0.15) is 0 Å². The molecule has 1 N–H and O–H groups in total. The number of ether oxygens (including phenoxy) is 1. The van der Waals surface area contributed by atoms with E-state index in [1.807, 2.05) is 19.1 Å². The average molecular weight is 404 g/mol. The van der Waals surface area contributed by atoms with Crippen LogP contribution in [0.15, 0.2) is 48.5 Å². The molecule has 9 heteroatoms. The number of nitro benzene ring substituents is 1. The number of benzene rings is 2. The lowest BCUT2D eigenvalue weighted by molar-refractivity contribution is -0.384. The van der Waals surface area contributed by atoms with Crippen molar-refractivity contribution in [2.45, 2.75) is 6.92 Å². The van der Waals surface area contributed by atoms with Gasteiger partial charge in [0.15, 0.2) is 11.7 Å². The first-order chi connectivity index (χ1) is 12.9. The quantitative estimate of drug-likeness (QED) is 0.475. The van der Waals surface area contributed by atoms with Crippen LogP contribution in [0.3, 0.4) is 0 Å². The summed E-state index contributed by atoms with van der Waals surface area (Å²) >= 11 is 7.26. The number of nitro groups is 1. The van der Waals surface area contributed by atoms with Gasteiger partial charge in [0.25, 0.3) is 11.6 Å². The van der Waals surface area contributed by atoms with Crippen molar-refractivity contribution in [1.82, 2.24) is 4.98 Å². The molecule has 1 aromatic heterocycles. The minimum atomic E-state index is -0.500. The van der Waals surface area contributed by atoms with E-state index in [0.717, 1.165) is 16.1 Å². The number of aromatic nitrogens is 1. The highest BCUT2D eigenvalue weighted by Gasteiger charge is 2.13. The van der Waals surface area contributed by atoms with Crippen LogP contribution in [0.25, 0.3) is 11.3 Å². The van der Waals surface area contributed by atoms with Gasteiger partial charge in [-0.3, -0.25) is 20.2 Å². The lowest BCUT2D eigenvalue weighted by Crippen LogP contribution is -2.20. The second kappa shape index (κ2) is 8.15. The van der Waals surface area contributed by atoms with Gasteiger partial charge in [0.05, 0.1) is 10.6 Å². The lowest BCUT2D eigenvalue weighted by atomic mass is 10.1. The molecule has 0 saturated carbocycles. The summed E-state index contributed by atoms with van der Waals surface area (Å²) in [5.74, 6) is -0.00215. The molecule has 1 heterocycles. The number of carbonyl (C=O) groups excluding carboxylic acids is 1. The fraction of sp³-hybridized carbons (Fsp3) is 0.111. The largest absolute Gasteiger partial charge is 0.484 e. The number of non-ortho nitro benzene ring substituents is 1. The van der Waals surface area contributed by atoms with Crippen molar-refractivity contribution in [3.8, 4) is 17.0 Å². The average Bonchev–Trinajstić information content (AvgIpc) is 3.01. The van der Waals surface area contributed by atoms with E-state index in [0.29, 0.717) is 15.9 Å². The zero-order chi connectivity index (χ0) is 19.4. The van der Waals surface area contributed by atoms with Crippen molar-refractivity contribution in [2.75, 3.05) is 11.9 Å². The highest BCUT2D eigenvalue weighted by Crippen LogP contribution is 2.31. The van der Waals surface area contributed by atoms with Gasteiger partial charge in [-0.15, -0.1) is 11.3 Å². The molecule has 0 fully saturated rings. The van der Waals surface area contributed by atoms with E-state index >= 15 is 0 Å². The monoisotopic (exact) mass is 403 g/mol. The van der Waals surface area contributed by atoms with E-state index in [2.05, 4.69) is 10.3 Å². The molecule has 0 unspecified atom stereocenters. The van der Waals surface area contributed by atoms with Crippen molar-refractivity contribution in [2.24, 2.45) is 0 Å². The minimum Gasteiger partial charge on any atom is -0.484 e. The molecule has 0 atom stereocenters. The Morgan fingerprint density at radius 3 is 2.52 bits per heavy atom. The first kappa shape index (κ1) is 18.8. The van der Waals surface area contributed by atoms with Crippen LogP contribution in [0.5, 0.6) is 5.75 Å². The molecule has 0 aliphatic carbocycles. The highest BCUT2D eigenvalue weighted by atomic mass is 35.5. The number of amides is 1. The second-order valence-corrected chi connectivity index (χ2v) is 7.16. The number of rotatable bonds is 6. The number of hydrogen-bond acceptors (Lipinski definition) is 6. The van der Waals surface area contributed by atoms with E-state index in [4.69, 9.17) is 16.3 Å². The third kappa shape index (κ3) is 4.81. The first-order valence-electron chi connectivity index (χ1n) is 7.83. The summed E-state index contributed by atoms with van der Waals surface area (Å²) in [5, 5.41) is 14.4. The maximum absolute atomic E-state index is 12.1. The normalized spacial score (nSPS) is 10.4. The molecule has 0 bridgehead atoms. The van der Waals surface area contributed by atoms with Gasteiger partial charge in [0.1, 0.15) is 5.75 Å². The molecule has 0 aliphatic heterocycles. The predicted molar refractivity (Wildman–Crippen MR) is 105 cm³/mol. The van der Waals surface area contributed by atoms with Crippen molar-refractivity contribution < 1.29 is 14.5 Å². The van der Waals surface area contributed by atoms with Crippen molar-refractivity contribution >= 4 is 39.7 Å². The van der Waals surface area contributed by atoms with Crippen molar-refractivity contribution in [3.05, 3.63) is 68.5 Å². The summed E-state index contributed by atoms with van der Waals surface area (Å²) in [6.45, 7) is 1.69. The second-order valence-electron chi connectivity index (χ2n) is 5.52. The summed E-state index contributed by atoms with van der Waals surface area (Å²) in [6.07, 6.45) is 0. The first-order valence-corrected chi connectivity index (χ1v) is 9.02. The number of carbonyl (C=O) groups is 1. The number of nitrogens with zero attached hydrogens (tertiary/aromatic N) is 2. The van der Waals surface area contributed by atoms with Crippen LogP contribution >= 0.6 is 22.9 Å². The van der Waals surface area contributed by atoms with Gasteiger partial charge in [-0.25, -0.2) is 4.98 Å². The summed E-state index contributed by atoms with van der Waals surface area (Å²) in [5.41, 5.74) is 1.65. The zero-order valence-corrected chi connectivity index (χ0v) is 15.7. The Hall–Kier alpha value is -2.97. The molecule has 2 aromatic carbocycles. The van der Waals surface area contributed by atoms with Gasteiger partial charge in [-0.05, 0) is 31.2 Å². The van der Waals surface area contributed by atoms with E-state index in [1.165, 1.54) is 35.6 Å². The fourth-order valence-corrected chi connectivity index (χ4v) is 3.27. The molecule has 0 saturated heterocycles. The van der Waals surface area contributed by atoms with Crippen LogP contribution in [0.2, 0.25) is 5.02 Å². The molecule has 3 rings (SSSR count). The highest BCUT2D eigenvalue weighted by molar-refractivity contribution is 7.16. The molecular formula is C18H14ClN3O4S. The van der Waals surface area contributed by atoms with Crippen LogP contribution < -0.4 is 10.1 Å². The fourth-order valence-electron chi connectivity index (χ4n) is 2.29. The maximum Gasteiger partial charge on any atom is 0.269 e. The van der Waals surface area contributed by atoms with Gasteiger partial charge < -0.3 is 4.74 Å². The Kier molecular flexibility index (Phi) is 5.68. The standard InChI is InChI=1S/C18H14ClN3O4S/c1-11-17(12-2-4-13(19)5-3-12)21-18(27-11)20-16(23)10-26-15-8-6-14(7-9-15)22(24)25/h2-9H,10H2,1H3,(H,20,21,23). The zero-order valence-electron chi connectivity index (χ0n) is 14.1. The summed E-state index contributed by atoms with van der Waals surface area (Å²) in [4.78, 5) is 27.6. The van der Waals surface area contributed by atoms with E-state index in [1.54, 1.807) is 12.1 Å². The number of anilines is 1.